The predicted molar refractivity (Wildman–Crippen MR) is 98.9 cm³/mol. The van der Waals surface area contributed by atoms with Gasteiger partial charge in [0.05, 0.1) is 17.6 Å². The van der Waals surface area contributed by atoms with Crippen molar-refractivity contribution in [3.63, 3.8) is 0 Å². The molecule has 0 bridgehead atoms. The third-order valence-corrected chi connectivity index (χ3v) is 4.12. The Kier molecular flexibility index (Phi) is 3.98. The lowest BCUT2D eigenvalue weighted by atomic mass is 10.2. The second-order valence-electron chi connectivity index (χ2n) is 5.88. The SMILES string of the molecule is c1ccc(CN(Cc2nc3ccccc3[nH]2)c2ccccc2)cc1. The highest BCUT2D eigenvalue weighted by atomic mass is 15.2. The summed E-state index contributed by atoms with van der Waals surface area (Å²) in [5, 5.41) is 0. The van der Waals surface area contributed by atoms with Crippen LogP contribution in [-0.4, -0.2) is 9.97 Å². The molecular weight excluding hydrogens is 294 g/mol. The van der Waals surface area contributed by atoms with Crippen LogP contribution in [0.25, 0.3) is 11.0 Å². The smallest absolute Gasteiger partial charge is 0.126 e. The highest BCUT2D eigenvalue weighted by Gasteiger charge is 2.11. The molecule has 0 aliphatic rings. The van der Waals surface area contributed by atoms with Crippen LogP contribution in [0.2, 0.25) is 0 Å². The van der Waals surface area contributed by atoms with Gasteiger partial charge < -0.3 is 9.88 Å². The van der Waals surface area contributed by atoms with Crippen LogP contribution in [0.1, 0.15) is 11.4 Å². The summed E-state index contributed by atoms with van der Waals surface area (Å²) in [6.45, 7) is 1.59. The molecule has 0 spiro atoms. The van der Waals surface area contributed by atoms with Gasteiger partial charge in [-0.1, -0.05) is 60.7 Å². The van der Waals surface area contributed by atoms with Crippen molar-refractivity contribution in [1.82, 2.24) is 9.97 Å². The van der Waals surface area contributed by atoms with Gasteiger partial charge in [-0.15, -0.1) is 0 Å². The van der Waals surface area contributed by atoms with Gasteiger partial charge in [0.15, 0.2) is 0 Å². The zero-order chi connectivity index (χ0) is 16.2. The number of rotatable bonds is 5. The lowest BCUT2D eigenvalue weighted by molar-refractivity contribution is 0.769. The quantitative estimate of drug-likeness (QED) is 0.575. The molecule has 118 valence electrons. The van der Waals surface area contributed by atoms with Crippen molar-refractivity contribution in [2.24, 2.45) is 0 Å². The maximum absolute atomic E-state index is 4.72. The summed E-state index contributed by atoms with van der Waals surface area (Å²) < 4.78 is 0. The van der Waals surface area contributed by atoms with Crippen LogP contribution in [-0.2, 0) is 13.1 Å². The van der Waals surface area contributed by atoms with Crippen LogP contribution in [0.3, 0.4) is 0 Å². The molecule has 4 rings (SSSR count). The van der Waals surface area contributed by atoms with Gasteiger partial charge in [0, 0.05) is 12.2 Å². The second-order valence-corrected chi connectivity index (χ2v) is 5.88. The number of imidazole rings is 1. The molecule has 1 heterocycles. The minimum absolute atomic E-state index is 0.744. The van der Waals surface area contributed by atoms with Crippen molar-refractivity contribution < 1.29 is 0 Å². The zero-order valence-corrected chi connectivity index (χ0v) is 13.4. The number of nitrogens with one attached hydrogen (secondary N) is 1. The molecular formula is C21H19N3. The average Bonchev–Trinajstić information content (AvgIpc) is 3.05. The summed E-state index contributed by atoms with van der Waals surface area (Å²) in [6.07, 6.45) is 0. The summed E-state index contributed by atoms with van der Waals surface area (Å²) in [6, 6.07) is 29.2. The Morgan fingerprint density at radius 1 is 0.708 bits per heavy atom. The minimum Gasteiger partial charge on any atom is -0.360 e. The van der Waals surface area contributed by atoms with Crippen molar-refractivity contribution in [3.05, 3.63) is 96.3 Å². The van der Waals surface area contributed by atoms with Crippen LogP contribution >= 0.6 is 0 Å². The standard InChI is InChI=1S/C21H19N3/c1-3-9-17(10-4-1)15-24(18-11-5-2-6-12-18)16-21-22-19-13-7-8-14-20(19)23-21/h1-14H,15-16H2,(H,22,23). The topological polar surface area (TPSA) is 31.9 Å². The molecule has 0 amide bonds. The predicted octanol–water partition coefficient (Wildman–Crippen LogP) is 4.77. The molecule has 3 heteroatoms. The van der Waals surface area contributed by atoms with Gasteiger partial charge in [-0.2, -0.15) is 0 Å². The molecule has 0 aliphatic carbocycles. The van der Waals surface area contributed by atoms with Crippen molar-refractivity contribution >= 4 is 16.7 Å². The van der Waals surface area contributed by atoms with Gasteiger partial charge >= 0.3 is 0 Å². The molecule has 3 aromatic carbocycles. The van der Waals surface area contributed by atoms with Crippen molar-refractivity contribution in [1.29, 1.82) is 0 Å². The van der Waals surface area contributed by atoms with Gasteiger partial charge in [-0.3, -0.25) is 0 Å². The maximum atomic E-state index is 4.72. The fourth-order valence-electron chi connectivity index (χ4n) is 2.94. The summed E-state index contributed by atoms with van der Waals surface area (Å²) in [7, 11) is 0. The Labute approximate surface area is 141 Å². The summed E-state index contributed by atoms with van der Waals surface area (Å²) in [4.78, 5) is 10.5. The normalized spacial score (nSPS) is 10.8. The van der Waals surface area contributed by atoms with Gasteiger partial charge in [-0.05, 0) is 29.8 Å². The Hall–Kier alpha value is -3.07. The molecule has 0 saturated carbocycles. The Morgan fingerprint density at radius 3 is 2.12 bits per heavy atom. The minimum atomic E-state index is 0.744. The van der Waals surface area contributed by atoms with Crippen LogP contribution in [0.15, 0.2) is 84.9 Å². The Balaban J connectivity index is 1.64. The highest BCUT2D eigenvalue weighted by Crippen LogP contribution is 2.20. The van der Waals surface area contributed by atoms with Crippen LogP contribution in [0, 0.1) is 0 Å². The number of aromatic nitrogens is 2. The molecule has 24 heavy (non-hydrogen) atoms. The first-order valence-electron chi connectivity index (χ1n) is 8.16. The van der Waals surface area contributed by atoms with Crippen LogP contribution < -0.4 is 4.90 Å². The number of H-pyrrole nitrogens is 1. The molecule has 0 fully saturated rings. The largest absolute Gasteiger partial charge is 0.360 e. The summed E-state index contributed by atoms with van der Waals surface area (Å²) in [5.74, 6) is 0.982. The molecule has 4 aromatic rings. The fraction of sp³-hybridized carbons (Fsp3) is 0.0952. The maximum Gasteiger partial charge on any atom is 0.126 e. The van der Waals surface area contributed by atoms with E-state index in [1.54, 1.807) is 0 Å². The lowest BCUT2D eigenvalue weighted by Gasteiger charge is -2.24. The second kappa shape index (κ2) is 6.59. The molecule has 1 aromatic heterocycles. The van der Waals surface area contributed by atoms with Crippen molar-refractivity contribution in [2.75, 3.05) is 4.90 Å². The number of hydrogen-bond donors (Lipinski definition) is 1. The lowest BCUT2D eigenvalue weighted by Crippen LogP contribution is -2.22. The molecule has 0 saturated heterocycles. The first-order valence-corrected chi connectivity index (χ1v) is 8.16. The van der Waals surface area contributed by atoms with E-state index in [1.807, 2.05) is 24.3 Å². The Bertz CT molecular complexity index is 880. The molecule has 0 atom stereocenters. The van der Waals surface area contributed by atoms with Crippen LogP contribution in [0.5, 0.6) is 0 Å². The number of para-hydroxylation sites is 3. The van der Waals surface area contributed by atoms with Crippen molar-refractivity contribution in [2.45, 2.75) is 13.1 Å². The van der Waals surface area contributed by atoms with E-state index >= 15 is 0 Å². The van der Waals surface area contributed by atoms with E-state index in [0.717, 1.165) is 29.9 Å². The average molecular weight is 313 g/mol. The van der Waals surface area contributed by atoms with E-state index in [-0.39, 0.29) is 0 Å². The van der Waals surface area contributed by atoms with Crippen LogP contribution in [0.4, 0.5) is 5.69 Å². The first-order chi connectivity index (χ1) is 11.9. The molecule has 3 nitrogen and oxygen atoms in total. The number of nitrogens with zero attached hydrogens (tertiary/aromatic N) is 2. The summed E-state index contributed by atoms with van der Waals surface area (Å²) >= 11 is 0. The van der Waals surface area contributed by atoms with E-state index < -0.39 is 0 Å². The summed E-state index contributed by atoms with van der Waals surface area (Å²) in [5.41, 5.74) is 4.58. The van der Waals surface area contributed by atoms with E-state index in [9.17, 15) is 0 Å². The molecule has 0 radical (unpaired) electrons. The zero-order valence-electron chi connectivity index (χ0n) is 13.4. The highest BCUT2D eigenvalue weighted by molar-refractivity contribution is 5.74. The number of fused-ring (bicyclic) bond motifs is 1. The van der Waals surface area contributed by atoms with E-state index in [1.165, 1.54) is 11.3 Å². The monoisotopic (exact) mass is 313 g/mol. The van der Waals surface area contributed by atoms with Crippen molar-refractivity contribution in [3.8, 4) is 0 Å². The van der Waals surface area contributed by atoms with Gasteiger partial charge in [0.2, 0.25) is 0 Å². The number of anilines is 1. The number of aromatic amines is 1. The number of benzene rings is 3. The Morgan fingerprint density at radius 2 is 1.38 bits per heavy atom. The van der Waals surface area contributed by atoms with E-state index in [2.05, 4.69) is 70.5 Å². The third-order valence-electron chi connectivity index (χ3n) is 4.12. The van der Waals surface area contributed by atoms with Gasteiger partial charge in [0.1, 0.15) is 5.82 Å². The van der Waals surface area contributed by atoms with Gasteiger partial charge in [-0.25, -0.2) is 4.98 Å². The fourth-order valence-corrected chi connectivity index (χ4v) is 2.94. The molecule has 0 unspecified atom stereocenters. The molecule has 1 N–H and O–H groups in total. The van der Waals surface area contributed by atoms with E-state index in [0.29, 0.717) is 0 Å². The van der Waals surface area contributed by atoms with E-state index in [4.69, 9.17) is 4.98 Å². The number of hydrogen-bond acceptors (Lipinski definition) is 2. The first kappa shape index (κ1) is 14.5. The third kappa shape index (κ3) is 3.15. The van der Waals surface area contributed by atoms with Gasteiger partial charge in [0.25, 0.3) is 0 Å². The molecule has 0 aliphatic heterocycles.